The van der Waals surface area contributed by atoms with Crippen LogP contribution in [0, 0.1) is 0 Å². The summed E-state index contributed by atoms with van der Waals surface area (Å²) in [5, 5.41) is 9.38. The first-order valence-electron chi connectivity index (χ1n) is 5.90. The number of rotatable bonds is 1. The zero-order valence-corrected chi connectivity index (χ0v) is 9.95. The zero-order chi connectivity index (χ0) is 12.8. The molecule has 4 aromatic rings. The van der Waals surface area contributed by atoms with Gasteiger partial charge in [0.15, 0.2) is 11.5 Å². The van der Waals surface area contributed by atoms with E-state index in [1.54, 1.807) is 12.3 Å². The lowest BCUT2D eigenvalue weighted by atomic mass is 10.1. The van der Waals surface area contributed by atoms with Crippen molar-refractivity contribution in [1.29, 1.82) is 0 Å². The second-order valence-corrected chi connectivity index (χ2v) is 4.36. The average Bonchev–Trinajstić information content (AvgIpc) is 3.01. The molecule has 92 valence electrons. The van der Waals surface area contributed by atoms with Crippen LogP contribution in [0.3, 0.4) is 0 Å². The highest BCUT2D eigenvalue weighted by Crippen LogP contribution is 2.29. The molecule has 0 spiro atoms. The molecule has 0 fully saturated rings. The molecule has 5 nitrogen and oxygen atoms in total. The van der Waals surface area contributed by atoms with Gasteiger partial charge in [-0.2, -0.15) is 0 Å². The molecule has 3 heterocycles. The van der Waals surface area contributed by atoms with E-state index in [2.05, 4.69) is 10.2 Å². The minimum Gasteiger partial charge on any atom is -0.464 e. The number of nitrogens with zero attached hydrogens (tertiary/aromatic N) is 3. The number of hydrogen-bond donors (Lipinski definition) is 1. The first-order chi connectivity index (χ1) is 9.33. The summed E-state index contributed by atoms with van der Waals surface area (Å²) in [5.41, 5.74) is 8.99. The van der Waals surface area contributed by atoms with Gasteiger partial charge in [0.1, 0.15) is 11.8 Å². The van der Waals surface area contributed by atoms with Crippen molar-refractivity contribution in [1.82, 2.24) is 14.6 Å². The summed E-state index contributed by atoms with van der Waals surface area (Å²) in [6.07, 6.45) is 3.51. The highest BCUT2D eigenvalue weighted by molar-refractivity contribution is 5.92. The highest BCUT2D eigenvalue weighted by atomic mass is 16.3. The predicted molar refractivity (Wildman–Crippen MR) is 72.6 cm³/mol. The third-order valence-corrected chi connectivity index (χ3v) is 3.15. The fourth-order valence-corrected chi connectivity index (χ4v) is 2.24. The monoisotopic (exact) mass is 250 g/mol. The van der Waals surface area contributed by atoms with E-state index in [-0.39, 0.29) is 0 Å². The lowest BCUT2D eigenvalue weighted by Crippen LogP contribution is -1.92. The summed E-state index contributed by atoms with van der Waals surface area (Å²) < 4.78 is 7.41. The molecule has 0 amide bonds. The summed E-state index contributed by atoms with van der Waals surface area (Å²) >= 11 is 0. The Kier molecular flexibility index (Phi) is 1.91. The molecule has 0 bridgehead atoms. The normalized spacial score (nSPS) is 11.4. The standard InChI is InChI=1S/C14H10N4O/c15-9-5-6-13-16-17-14(18(13)7-9)11-8-19-12-4-2-1-3-10(11)12/h1-8H,15H2. The van der Waals surface area contributed by atoms with Crippen LogP contribution in [0.2, 0.25) is 0 Å². The van der Waals surface area contributed by atoms with Crippen LogP contribution in [-0.4, -0.2) is 14.6 Å². The molecule has 3 aromatic heterocycles. The van der Waals surface area contributed by atoms with Crippen LogP contribution >= 0.6 is 0 Å². The number of nitrogen functional groups attached to an aromatic ring is 1. The van der Waals surface area contributed by atoms with Crippen LogP contribution in [0.25, 0.3) is 28.0 Å². The molecule has 4 rings (SSSR count). The molecule has 0 saturated carbocycles. The zero-order valence-electron chi connectivity index (χ0n) is 9.95. The van der Waals surface area contributed by atoms with Crippen molar-refractivity contribution in [3.63, 3.8) is 0 Å². The van der Waals surface area contributed by atoms with Crippen LogP contribution in [0.15, 0.2) is 53.3 Å². The summed E-state index contributed by atoms with van der Waals surface area (Å²) in [6, 6.07) is 11.5. The molecule has 0 aliphatic heterocycles. The number of fused-ring (bicyclic) bond motifs is 2. The average molecular weight is 250 g/mol. The van der Waals surface area contributed by atoms with Gasteiger partial charge in [-0.05, 0) is 18.2 Å². The maximum atomic E-state index is 5.82. The number of aromatic nitrogens is 3. The van der Waals surface area contributed by atoms with Gasteiger partial charge >= 0.3 is 0 Å². The van der Waals surface area contributed by atoms with Crippen LogP contribution < -0.4 is 5.73 Å². The Hall–Kier alpha value is -2.82. The molecule has 0 aliphatic carbocycles. The van der Waals surface area contributed by atoms with E-state index < -0.39 is 0 Å². The Balaban J connectivity index is 2.06. The summed E-state index contributed by atoms with van der Waals surface area (Å²) in [5.74, 6) is 0.729. The number of hydrogen-bond acceptors (Lipinski definition) is 4. The molecule has 0 unspecified atom stereocenters. The molecule has 0 atom stereocenters. The van der Waals surface area contributed by atoms with E-state index in [0.717, 1.165) is 28.0 Å². The van der Waals surface area contributed by atoms with Crippen molar-refractivity contribution >= 4 is 22.3 Å². The van der Waals surface area contributed by atoms with E-state index >= 15 is 0 Å². The molecular weight excluding hydrogens is 240 g/mol. The fourth-order valence-electron chi connectivity index (χ4n) is 2.24. The van der Waals surface area contributed by atoms with E-state index in [1.165, 1.54) is 0 Å². The number of pyridine rings is 1. The summed E-state index contributed by atoms with van der Waals surface area (Å²) in [4.78, 5) is 0. The topological polar surface area (TPSA) is 69.3 Å². The smallest absolute Gasteiger partial charge is 0.172 e. The largest absolute Gasteiger partial charge is 0.464 e. The van der Waals surface area contributed by atoms with Gasteiger partial charge in [0, 0.05) is 17.3 Å². The third kappa shape index (κ3) is 1.41. The second-order valence-electron chi connectivity index (χ2n) is 4.36. The van der Waals surface area contributed by atoms with Gasteiger partial charge < -0.3 is 10.2 Å². The first-order valence-corrected chi connectivity index (χ1v) is 5.90. The molecule has 0 aliphatic rings. The van der Waals surface area contributed by atoms with Crippen molar-refractivity contribution in [2.24, 2.45) is 0 Å². The molecule has 1 aromatic carbocycles. The van der Waals surface area contributed by atoms with Crippen LogP contribution in [0.1, 0.15) is 0 Å². The van der Waals surface area contributed by atoms with Crippen molar-refractivity contribution in [3.05, 3.63) is 48.9 Å². The molecule has 0 radical (unpaired) electrons. The fraction of sp³-hybridized carbons (Fsp3) is 0. The van der Waals surface area contributed by atoms with Crippen LogP contribution in [0.5, 0.6) is 0 Å². The van der Waals surface area contributed by atoms with Gasteiger partial charge in [0.05, 0.1) is 5.56 Å². The minimum atomic E-state index is 0.668. The van der Waals surface area contributed by atoms with E-state index in [0.29, 0.717) is 5.69 Å². The SMILES string of the molecule is Nc1ccc2nnc(-c3coc4ccccc34)n2c1. The van der Waals surface area contributed by atoms with Crippen LogP contribution in [-0.2, 0) is 0 Å². The van der Waals surface area contributed by atoms with Crippen molar-refractivity contribution in [3.8, 4) is 11.4 Å². The maximum absolute atomic E-state index is 5.82. The van der Waals surface area contributed by atoms with E-state index in [1.807, 2.05) is 40.9 Å². The molecule has 5 heteroatoms. The second kappa shape index (κ2) is 3.58. The quantitative estimate of drug-likeness (QED) is 0.564. The summed E-state index contributed by atoms with van der Waals surface area (Å²) in [7, 11) is 0. The Bertz CT molecular complexity index is 891. The lowest BCUT2D eigenvalue weighted by molar-refractivity contribution is 0.616. The third-order valence-electron chi connectivity index (χ3n) is 3.15. The Labute approximate surface area is 108 Å². The van der Waals surface area contributed by atoms with Crippen molar-refractivity contribution < 1.29 is 4.42 Å². The molecule has 19 heavy (non-hydrogen) atoms. The summed E-state index contributed by atoms with van der Waals surface area (Å²) in [6.45, 7) is 0. The van der Waals surface area contributed by atoms with Crippen LogP contribution in [0.4, 0.5) is 5.69 Å². The number of benzene rings is 1. The van der Waals surface area contributed by atoms with Crippen molar-refractivity contribution in [2.45, 2.75) is 0 Å². The van der Waals surface area contributed by atoms with E-state index in [4.69, 9.17) is 10.2 Å². The van der Waals surface area contributed by atoms with E-state index in [9.17, 15) is 0 Å². The highest BCUT2D eigenvalue weighted by Gasteiger charge is 2.13. The first kappa shape index (κ1) is 10.1. The van der Waals surface area contributed by atoms with Gasteiger partial charge in [-0.25, -0.2) is 0 Å². The number of anilines is 1. The lowest BCUT2D eigenvalue weighted by Gasteiger charge is -1.99. The maximum Gasteiger partial charge on any atom is 0.172 e. The molecular formula is C14H10N4O. The Morgan fingerprint density at radius 2 is 1.95 bits per heavy atom. The van der Waals surface area contributed by atoms with Crippen molar-refractivity contribution in [2.75, 3.05) is 5.73 Å². The number of furan rings is 1. The van der Waals surface area contributed by atoms with Gasteiger partial charge in [-0.15, -0.1) is 10.2 Å². The van der Waals surface area contributed by atoms with Gasteiger partial charge in [-0.3, -0.25) is 4.40 Å². The number of para-hydroxylation sites is 1. The molecule has 2 N–H and O–H groups in total. The number of nitrogens with two attached hydrogens (primary N) is 1. The molecule has 0 saturated heterocycles. The van der Waals surface area contributed by atoms with Gasteiger partial charge in [0.25, 0.3) is 0 Å². The predicted octanol–water partition coefficient (Wildman–Crippen LogP) is 2.72. The Morgan fingerprint density at radius 3 is 2.89 bits per heavy atom. The van der Waals surface area contributed by atoms with Gasteiger partial charge in [0.2, 0.25) is 0 Å². The Morgan fingerprint density at radius 1 is 1.05 bits per heavy atom. The minimum absolute atomic E-state index is 0.668. The van der Waals surface area contributed by atoms with Gasteiger partial charge in [-0.1, -0.05) is 18.2 Å².